The van der Waals surface area contributed by atoms with E-state index in [1.54, 1.807) is 0 Å². The second kappa shape index (κ2) is 9.18. The third-order valence-corrected chi connectivity index (χ3v) is 5.55. The summed E-state index contributed by atoms with van der Waals surface area (Å²) < 4.78 is 11.6. The molecular weight excluding hydrogens is 390 g/mol. The fourth-order valence-electron chi connectivity index (χ4n) is 3.57. The molecule has 6 nitrogen and oxygen atoms in total. The van der Waals surface area contributed by atoms with E-state index in [4.69, 9.17) is 14.9 Å². The van der Waals surface area contributed by atoms with E-state index in [-0.39, 0.29) is 12.3 Å². The van der Waals surface area contributed by atoms with E-state index in [0.717, 1.165) is 34.9 Å². The van der Waals surface area contributed by atoms with Crippen LogP contribution in [0.2, 0.25) is 0 Å². The van der Waals surface area contributed by atoms with Gasteiger partial charge >= 0.3 is 5.97 Å². The SMILES string of the molecule is CC[C@H](C)C[C@@H](N)c1nc(C(=O)OCc2ccccc2)c(-c2c[nH]c3ccccc23)o1. The summed E-state index contributed by atoms with van der Waals surface area (Å²) >= 11 is 0. The normalized spacial score (nSPS) is 13.3. The van der Waals surface area contributed by atoms with Crippen molar-refractivity contribution in [2.75, 3.05) is 0 Å². The predicted molar refractivity (Wildman–Crippen MR) is 120 cm³/mol. The van der Waals surface area contributed by atoms with Crippen LogP contribution in [0.25, 0.3) is 22.2 Å². The van der Waals surface area contributed by atoms with Crippen LogP contribution < -0.4 is 5.73 Å². The zero-order valence-electron chi connectivity index (χ0n) is 17.8. The van der Waals surface area contributed by atoms with E-state index in [1.807, 2.05) is 60.8 Å². The number of ether oxygens (including phenoxy) is 1. The zero-order chi connectivity index (χ0) is 21.8. The predicted octanol–water partition coefficient (Wildman–Crippen LogP) is 5.62. The molecular formula is C25H27N3O3. The summed E-state index contributed by atoms with van der Waals surface area (Å²) in [5.41, 5.74) is 9.13. The van der Waals surface area contributed by atoms with Gasteiger partial charge in [-0.3, -0.25) is 0 Å². The summed E-state index contributed by atoms with van der Waals surface area (Å²) in [6.07, 6.45) is 3.56. The molecule has 3 N–H and O–H groups in total. The fourth-order valence-corrected chi connectivity index (χ4v) is 3.57. The lowest BCUT2D eigenvalue weighted by atomic mass is 10.00. The highest BCUT2D eigenvalue weighted by atomic mass is 16.5. The summed E-state index contributed by atoms with van der Waals surface area (Å²) in [7, 11) is 0. The molecule has 2 aromatic heterocycles. The van der Waals surface area contributed by atoms with Gasteiger partial charge in [-0.25, -0.2) is 9.78 Å². The summed E-state index contributed by atoms with van der Waals surface area (Å²) in [6.45, 7) is 4.42. The first-order chi connectivity index (χ1) is 15.1. The molecule has 0 amide bonds. The number of aromatic amines is 1. The maximum absolute atomic E-state index is 13.0. The van der Waals surface area contributed by atoms with Crippen LogP contribution in [0.1, 0.15) is 54.7 Å². The fraction of sp³-hybridized carbons (Fsp3) is 0.280. The molecule has 4 rings (SSSR count). The highest BCUT2D eigenvalue weighted by Crippen LogP contribution is 2.34. The molecule has 2 atom stereocenters. The minimum absolute atomic E-state index is 0.148. The molecule has 6 heteroatoms. The molecule has 0 bridgehead atoms. The summed E-state index contributed by atoms with van der Waals surface area (Å²) in [5.74, 6) is 0.624. The van der Waals surface area contributed by atoms with E-state index in [1.165, 1.54) is 0 Å². The van der Waals surface area contributed by atoms with E-state index < -0.39 is 12.0 Å². The van der Waals surface area contributed by atoms with Gasteiger partial charge in [0, 0.05) is 22.7 Å². The molecule has 2 aromatic carbocycles. The molecule has 0 aliphatic carbocycles. The van der Waals surface area contributed by atoms with Crippen molar-refractivity contribution in [2.24, 2.45) is 11.7 Å². The topological polar surface area (TPSA) is 94.1 Å². The largest absolute Gasteiger partial charge is 0.456 e. The number of para-hydroxylation sites is 1. The van der Waals surface area contributed by atoms with Gasteiger partial charge in [0.2, 0.25) is 5.89 Å². The Morgan fingerprint density at radius 1 is 1.16 bits per heavy atom. The van der Waals surface area contributed by atoms with Crippen LogP contribution in [0.5, 0.6) is 0 Å². The van der Waals surface area contributed by atoms with Gasteiger partial charge in [-0.1, -0.05) is 68.8 Å². The number of nitrogens with zero attached hydrogens (tertiary/aromatic N) is 1. The molecule has 0 saturated heterocycles. The number of esters is 1. The van der Waals surface area contributed by atoms with Crippen LogP contribution in [0.3, 0.4) is 0 Å². The van der Waals surface area contributed by atoms with Gasteiger partial charge in [0.05, 0.1) is 6.04 Å². The molecule has 0 unspecified atom stereocenters. The third kappa shape index (κ3) is 4.54. The number of nitrogens with two attached hydrogens (primary N) is 1. The first-order valence-electron chi connectivity index (χ1n) is 10.6. The van der Waals surface area contributed by atoms with Crippen molar-refractivity contribution in [3.63, 3.8) is 0 Å². The lowest BCUT2D eigenvalue weighted by Crippen LogP contribution is -2.15. The highest BCUT2D eigenvalue weighted by Gasteiger charge is 2.27. The average Bonchev–Trinajstić information content (AvgIpc) is 3.42. The monoisotopic (exact) mass is 417 g/mol. The van der Waals surface area contributed by atoms with Gasteiger partial charge in [-0.15, -0.1) is 0 Å². The van der Waals surface area contributed by atoms with Crippen LogP contribution in [-0.4, -0.2) is 15.9 Å². The smallest absolute Gasteiger partial charge is 0.361 e. The number of benzene rings is 2. The molecule has 4 aromatic rings. The van der Waals surface area contributed by atoms with E-state index >= 15 is 0 Å². The Morgan fingerprint density at radius 3 is 2.68 bits per heavy atom. The maximum atomic E-state index is 13.0. The first kappa shape index (κ1) is 20.9. The number of aromatic nitrogens is 2. The van der Waals surface area contributed by atoms with Crippen LogP contribution in [-0.2, 0) is 11.3 Å². The minimum Gasteiger partial charge on any atom is -0.456 e. The number of carbonyl (C=O) groups is 1. The average molecular weight is 418 g/mol. The molecule has 0 aliphatic heterocycles. The Bertz CT molecular complexity index is 1160. The Morgan fingerprint density at radius 2 is 1.90 bits per heavy atom. The van der Waals surface area contributed by atoms with Gasteiger partial charge < -0.3 is 19.9 Å². The van der Waals surface area contributed by atoms with Crippen LogP contribution in [0.15, 0.2) is 65.2 Å². The number of fused-ring (bicyclic) bond motifs is 1. The van der Waals surface area contributed by atoms with Gasteiger partial charge in [-0.2, -0.15) is 0 Å². The van der Waals surface area contributed by atoms with Crippen molar-refractivity contribution in [3.05, 3.63) is 77.9 Å². The number of oxazole rings is 1. The quantitative estimate of drug-likeness (QED) is 0.363. The Balaban J connectivity index is 1.69. The second-order valence-electron chi connectivity index (χ2n) is 7.90. The Labute approximate surface area is 181 Å². The maximum Gasteiger partial charge on any atom is 0.361 e. The number of rotatable bonds is 8. The minimum atomic E-state index is -0.533. The number of nitrogens with one attached hydrogen (secondary N) is 1. The third-order valence-electron chi connectivity index (χ3n) is 5.55. The van der Waals surface area contributed by atoms with Gasteiger partial charge in [0.1, 0.15) is 6.61 Å². The number of H-pyrrole nitrogens is 1. The number of hydrogen-bond acceptors (Lipinski definition) is 5. The zero-order valence-corrected chi connectivity index (χ0v) is 17.8. The van der Waals surface area contributed by atoms with Crippen molar-refractivity contribution >= 4 is 16.9 Å². The Hall–Kier alpha value is -3.38. The summed E-state index contributed by atoms with van der Waals surface area (Å²) in [4.78, 5) is 20.7. The van der Waals surface area contributed by atoms with Crippen LogP contribution in [0, 0.1) is 5.92 Å². The number of carbonyl (C=O) groups excluding carboxylic acids is 1. The van der Waals surface area contributed by atoms with Gasteiger partial charge in [-0.05, 0) is 24.0 Å². The highest BCUT2D eigenvalue weighted by molar-refractivity contribution is 6.01. The molecule has 2 heterocycles. The van der Waals surface area contributed by atoms with Crippen LogP contribution >= 0.6 is 0 Å². The Kier molecular flexibility index (Phi) is 6.18. The van der Waals surface area contributed by atoms with E-state index in [0.29, 0.717) is 17.6 Å². The molecule has 0 radical (unpaired) electrons. The lowest BCUT2D eigenvalue weighted by molar-refractivity contribution is 0.0467. The van der Waals surface area contributed by atoms with Crippen molar-refractivity contribution in [1.29, 1.82) is 0 Å². The molecule has 31 heavy (non-hydrogen) atoms. The van der Waals surface area contributed by atoms with E-state index in [9.17, 15) is 4.79 Å². The molecule has 0 saturated carbocycles. The second-order valence-corrected chi connectivity index (χ2v) is 7.90. The molecule has 0 aliphatic rings. The summed E-state index contributed by atoms with van der Waals surface area (Å²) in [6, 6.07) is 17.0. The van der Waals surface area contributed by atoms with Gasteiger partial charge in [0.25, 0.3) is 0 Å². The van der Waals surface area contributed by atoms with Gasteiger partial charge in [0.15, 0.2) is 11.5 Å². The van der Waals surface area contributed by atoms with Crippen molar-refractivity contribution < 1.29 is 13.9 Å². The summed E-state index contributed by atoms with van der Waals surface area (Å²) in [5, 5.41) is 0.942. The number of hydrogen-bond donors (Lipinski definition) is 2. The molecule has 0 fully saturated rings. The van der Waals surface area contributed by atoms with Crippen molar-refractivity contribution in [1.82, 2.24) is 9.97 Å². The molecule has 0 spiro atoms. The van der Waals surface area contributed by atoms with E-state index in [2.05, 4.69) is 23.8 Å². The van der Waals surface area contributed by atoms with Crippen molar-refractivity contribution in [3.8, 4) is 11.3 Å². The first-order valence-corrected chi connectivity index (χ1v) is 10.6. The lowest BCUT2D eigenvalue weighted by Gasteiger charge is -2.12. The van der Waals surface area contributed by atoms with Crippen LogP contribution in [0.4, 0.5) is 0 Å². The van der Waals surface area contributed by atoms with Crippen molar-refractivity contribution in [2.45, 2.75) is 39.3 Å². The molecule has 160 valence electrons. The standard InChI is InChI=1S/C25H27N3O3/c1-3-16(2)13-20(26)24-28-22(25(29)30-15-17-9-5-4-6-10-17)23(31-24)19-14-27-21-12-8-7-11-18(19)21/h4-12,14,16,20,27H,3,13,15,26H2,1-2H3/t16-,20+/m0/s1.